The van der Waals surface area contributed by atoms with Crippen LogP contribution in [0.2, 0.25) is 0 Å². The molecule has 0 aliphatic carbocycles. The summed E-state index contributed by atoms with van der Waals surface area (Å²) < 4.78 is 39.5. The molecule has 0 radical (unpaired) electrons. The zero-order valence-electron chi connectivity index (χ0n) is 17.0. The second-order valence-electron chi connectivity index (χ2n) is 6.89. The number of amides is 3. The Labute approximate surface area is 172 Å². The van der Waals surface area contributed by atoms with Gasteiger partial charge in [-0.3, -0.25) is 4.79 Å². The predicted octanol–water partition coefficient (Wildman–Crippen LogP) is 4.11. The zero-order valence-corrected chi connectivity index (χ0v) is 17.0. The van der Waals surface area contributed by atoms with Crippen molar-refractivity contribution in [3.8, 4) is 0 Å². The van der Waals surface area contributed by atoms with Crippen molar-refractivity contribution in [2.75, 3.05) is 11.9 Å². The monoisotopic (exact) mass is 423 g/mol. The number of hydrogen-bond donors (Lipinski definition) is 2. The number of hydrogen-bond acceptors (Lipinski definition) is 3. The van der Waals surface area contributed by atoms with Gasteiger partial charge in [0, 0.05) is 24.6 Å². The molecular formula is C20H24F3N5O2. The average molecular weight is 423 g/mol. The van der Waals surface area contributed by atoms with Gasteiger partial charge in [-0.15, -0.1) is 0 Å². The van der Waals surface area contributed by atoms with Crippen molar-refractivity contribution < 1.29 is 22.8 Å². The molecule has 162 valence electrons. The Hall–Kier alpha value is -3.17. The minimum absolute atomic E-state index is 0.0294. The van der Waals surface area contributed by atoms with Gasteiger partial charge < -0.3 is 15.2 Å². The number of alkyl halides is 3. The number of aromatic nitrogens is 2. The Morgan fingerprint density at radius 1 is 1.20 bits per heavy atom. The van der Waals surface area contributed by atoms with Gasteiger partial charge in [0.1, 0.15) is 6.54 Å². The number of benzene rings is 1. The molecular weight excluding hydrogens is 399 g/mol. The maximum atomic E-state index is 12.6. The molecule has 10 heteroatoms. The van der Waals surface area contributed by atoms with E-state index in [2.05, 4.69) is 20.6 Å². The summed E-state index contributed by atoms with van der Waals surface area (Å²) in [5.74, 6) is -0.00385. The van der Waals surface area contributed by atoms with Crippen LogP contribution < -0.4 is 10.6 Å². The van der Waals surface area contributed by atoms with Crippen LogP contribution in [-0.4, -0.2) is 33.7 Å². The molecule has 0 saturated heterocycles. The first kappa shape index (κ1) is 23.1. The molecule has 0 aliphatic rings. The summed E-state index contributed by atoms with van der Waals surface area (Å²) in [5.41, 5.74) is -0.273. The molecule has 2 N–H and O–H groups in total. The molecule has 0 unspecified atom stereocenters. The second kappa shape index (κ2) is 10.0. The van der Waals surface area contributed by atoms with E-state index in [0.29, 0.717) is 18.1 Å². The van der Waals surface area contributed by atoms with Crippen molar-refractivity contribution >= 4 is 23.3 Å². The summed E-state index contributed by atoms with van der Waals surface area (Å²) in [7, 11) is 0. The number of carbonyl (C=O) groups excluding carboxylic acids is 2. The molecule has 0 fully saturated rings. The smallest absolute Gasteiger partial charge is 0.355 e. The lowest BCUT2D eigenvalue weighted by Crippen LogP contribution is -2.30. The van der Waals surface area contributed by atoms with Gasteiger partial charge in [-0.1, -0.05) is 20.8 Å². The van der Waals surface area contributed by atoms with Crippen LogP contribution >= 0.6 is 0 Å². The number of imidazole rings is 1. The summed E-state index contributed by atoms with van der Waals surface area (Å²) in [6, 6.07) is 3.33. The van der Waals surface area contributed by atoms with Gasteiger partial charge in [-0.25, -0.2) is 9.78 Å². The van der Waals surface area contributed by atoms with Crippen molar-refractivity contribution in [3.05, 3.63) is 48.0 Å². The predicted molar refractivity (Wildman–Crippen MR) is 107 cm³/mol. The van der Waals surface area contributed by atoms with E-state index < -0.39 is 17.8 Å². The van der Waals surface area contributed by atoms with E-state index in [1.165, 1.54) is 6.20 Å². The van der Waals surface area contributed by atoms with Crippen molar-refractivity contribution in [2.45, 2.75) is 39.9 Å². The molecule has 2 aromatic rings. The molecule has 30 heavy (non-hydrogen) atoms. The van der Waals surface area contributed by atoms with Gasteiger partial charge in [0.2, 0.25) is 5.91 Å². The minimum Gasteiger partial charge on any atom is -0.355 e. The van der Waals surface area contributed by atoms with Crippen molar-refractivity contribution in [1.82, 2.24) is 14.9 Å². The molecule has 0 atom stereocenters. The summed E-state index contributed by atoms with van der Waals surface area (Å²) in [6.07, 6.45) is -0.516. The lowest BCUT2D eigenvalue weighted by Gasteiger charge is -2.13. The largest absolute Gasteiger partial charge is 0.416 e. The number of nitrogens with zero attached hydrogens (tertiary/aromatic N) is 3. The third-order valence-corrected chi connectivity index (χ3v) is 4.06. The van der Waals surface area contributed by atoms with Crippen LogP contribution in [0.1, 0.15) is 38.6 Å². The topological polar surface area (TPSA) is 88.4 Å². The van der Waals surface area contributed by atoms with Gasteiger partial charge >= 0.3 is 12.2 Å². The van der Waals surface area contributed by atoms with Crippen molar-refractivity contribution in [3.63, 3.8) is 0 Å². The number of aliphatic imine (C=N–C) groups is 1. The van der Waals surface area contributed by atoms with E-state index in [1.807, 2.05) is 20.8 Å². The van der Waals surface area contributed by atoms with Crippen LogP contribution in [-0.2, 0) is 17.5 Å². The molecule has 7 nitrogen and oxygen atoms in total. The lowest BCUT2D eigenvalue weighted by atomic mass is 10.1. The molecule has 1 heterocycles. The van der Waals surface area contributed by atoms with Gasteiger partial charge in [-0.2, -0.15) is 18.2 Å². The highest BCUT2D eigenvalue weighted by Crippen LogP contribution is 2.29. The van der Waals surface area contributed by atoms with Gasteiger partial charge in [-0.05, 0) is 36.6 Å². The van der Waals surface area contributed by atoms with E-state index in [0.717, 1.165) is 30.7 Å². The molecule has 0 bridgehead atoms. The highest BCUT2D eigenvalue weighted by molar-refractivity contribution is 6.08. The average Bonchev–Trinajstić information content (AvgIpc) is 3.11. The maximum Gasteiger partial charge on any atom is 0.416 e. The second-order valence-corrected chi connectivity index (χ2v) is 6.89. The quantitative estimate of drug-likeness (QED) is 0.657. The molecule has 0 aliphatic heterocycles. The molecule has 3 amide bonds. The molecule has 1 aromatic heterocycles. The van der Waals surface area contributed by atoms with E-state index in [4.69, 9.17) is 0 Å². The Morgan fingerprint density at radius 3 is 2.43 bits per heavy atom. The fraction of sp³-hybridized carbons (Fsp3) is 0.400. The summed E-state index contributed by atoms with van der Waals surface area (Å²) >= 11 is 0. The van der Waals surface area contributed by atoms with E-state index >= 15 is 0 Å². The zero-order chi connectivity index (χ0) is 22.3. The Bertz CT molecular complexity index is 902. The lowest BCUT2D eigenvalue weighted by molar-refractivity contribution is -0.137. The first-order chi connectivity index (χ1) is 14.1. The van der Waals surface area contributed by atoms with Crippen LogP contribution in [0.4, 0.5) is 23.7 Å². The standard InChI is InChI=1S/C20H24F3N5O2/c1-4-9-24-16(29)12-28-11-10-25-18(28)17(13(2)3)27-19(30)26-15-7-5-14(6-8-15)20(21,22)23/h5-8,10-11,13H,4,9,12H2,1-3H3,(H,24,29)(H,26,30). The van der Waals surface area contributed by atoms with Crippen LogP contribution in [0.25, 0.3) is 0 Å². The normalized spacial score (nSPS) is 12.2. The highest BCUT2D eigenvalue weighted by atomic mass is 19.4. The fourth-order valence-electron chi connectivity index (χ4n) is 2.59. The first-order valence-electron chi connectivity index (χ1n) is 9.46. The van der Waals surface area contributed by atoms with E-state index in [-0.39, 0.29) is 24.1 Å². The van der Waals surface area contributed by atoms with Gasteiger partial charge in [0.15, 0.2) is 5.82 Å². The number of anilines is 1. The number of halogens is 3. The molecule has 0 spiro atoms. The van der Waals surface area contributed by atoms with Crippen molar-refractivity contribution in [1.29, 1.82) is 0 Å². The Kier molecular flexibility index (Phi) is 7.73. The minimum atomic E-state index is -4.45. The van der Waals surface area contributed by atoms with Crippen molar-refractivity contribution in [2.24, 2.45) is 10.9 Å². The van der Waals surface area contributed by atoms with Crippen LogP contribution in [0.3, 0.4) is 0 Å². The fourth-order valence-corrected chi connectivity index (χ4v) is 2.59. The summed E-state index contributed by atoms with van der Waals surface area (Å²) in [6.45, 7) is 6.17. The van der Waals surface area contributed by atoms with Crippen LogP contribution in [0, 0.1) is 5.92 Å². The van der Waals surface area contributed by atoms with Crippen LogP contribution in [0.15, 0.2) is 41.7 Å². The summed E-state index contributed by atoms with van der Waals surface area (Å²) in [5, 5.41) is 5.21. The molecule has 0 saturated carbocycles. The van der Waals surface area contributed by atoms with Crippen LogP contribution in [0.5, 0.6) is 0 Å². The number of urea groups is 1. The Morgan fingerprint density at radius 2 is 1.87 bits per heavy atom. The third-order valence-electron chi connectivity index (χ3n) is 4.06. The summed E-state index contributed by atoms with van der Waals surface area (Å²) in [4.78, 5) is 32.6. The number of nitrogens with one attached hydrogen (secondary N) is 2. The first-order valence-corrected chi connectivity index (χ1v) is 9.46. The van der Waals surface area contributed by atoms with Gasteiger partial charge in [0.05, 0.1) is 11.3 Å². The number of rotatable bonds is 7. The third kappa shape index (κ3) is 6.43. The molecule has 2 rings (SSSR count). The van der Waals surface area contributed by atoms with E-state index in [1.54, 1.807) is 10.8 Å². The Balaban J connectivity index is 2.17. The number of carbonyl (C=O) groups is 2. The van der Waals surface area contributed by atoms with E-state index in [9.17, 15) is 22.8 Å². The van der Waals surface area contributed by atoms with Gasteiger partial charge in [0.25, 0.3) is 0 Å². The SMILES string of the molecule is CCCNC(=O)Cn1ccnc1C(=NC(=O)Nc1ccc(C(F)(F)F)cc1)C(C)C. The highest BCUT2D eigenvalue weighted by Gasteiger charge is 2.30. The molecule has 1 aromatic carbocycles. The maximum absolute atomic E-state index is 12.6.